The molecule has 19 heavy (non-hydrogen) atoms. The Morgan fingerprint density at radius 3 is 2.42 bits per heavy atom. The number of thiocarbonyl (C=S) groups is 1. The first-order valence-electron chi connectivity index (χ1n) is 5.82. The largest absolute Gasteiger partial charge is 0.332 e. The van der Waals surface area contributed by atoms with Crippen molar-refractivity contribution in [1.29, 1.82) is 5.26 Å². The number of nitrogens with zero attached hydrogens (tertiary/aromatic N) is 1. The maximum Gasteiger partial charge on any atom is 0.175 e. The number of benzene rings is 2. The number of anilines is 2. The van der Waals surface area contributed by atoms with Gasteiger partial charge < -0.3 is 10.6 Å². The Labute approximate surface area is 117 Å². The summed E-state index contributed by atoms with van der Waals surface area (Å²) in [6.45, 7) is 2.04. The standard InChI is InChI=1S/C15H13N3S/c1-11-5-7-13(8-6-11)17-15(19)18-14-4-2-3-12(9-14)10-16/h2-9H,1H3,(H2,17,18,19). The van der Waals surface area contributed by atoms with Gasteiger partial charge >= 0.3 is 0 Å². The van der Waals surface area contributed by atoms with Gasteiger partial charge in [0.15, 0.2) is 5.11 Å². The molecule has 0 spiro atoms. The molecule has 2 N–H and O–H groups in total. The second kappa shape index (κ2) is 5.98. The van der Waals surface area contributed by atoms with Crippen LogP contribution in [-0.4, -0.2) is 5.11 Å². The van der Waals surface area contributed by atoms with Crippen LogP contribution in [0.1, 0.15) is 11.1 Å². The first kappa shape index (κ1) is 13.1. The normalized spacial score (nSPS) is 9.47. The number of hydrogen-bond donors (Lipinski definition) is 2. The highest BCUT2D eigenvalue weighted by atomic mass is 32.1. The van der Waals surface area contributed by atoms with Crippen LogP contribution in [0, 0.1) is 18.3 Å². The van der Waals surface area contributed by atoms with E-state index < -0.39 is 0 Å². The average molecular weight is 267 g/mol. The predicted molar refractivity (Wildman–Crippen MR) is 82.2 cm³/mol. The molecule has 0 aliphatic rings. The molecule has 0 atom stereocenters. The minimum atomic E-state index is 0.499. The Morgan fingerprint density at radius 2 is 1.74 bits per heavy atom. The second-order valence-corrected chi connectivity index (χ2v) is 4.55. The van der Waals surface area contributed by atoms with Crippen molar-refractivity contribution in [3.05, 3.63) is 59.7 Å². The molecule has 0 amide bonds. The molecular formula is C15H13N3S. The van der Waals surface area contributed by atoms with Crippen LogP contribution in [0.4, 0.5) is 11.4 Å². The third-order valence-corrected chi connectivity index (χ3v) is 2.76. The minimum absolute atomic E-state index is 0.499. The van der Waals surface area contributed by atoms with E-state index in [1.54, 1.807) is 12.1 Å². The molecule has 0 fully saturated rings. The third kappa shape index (κ3) is 3.80. The molecular weight excluding hydrogens is 254 g/mol. The SMILES string of the molecule is Cc1ccc(NC(=S)Nc2cccc(C#N)c2)cc1. The lowest BCUT2D eigenvalue weighted by Gasteiger charge is -2.10. The van der Waals surface area contributed by atoms with Gasteiger partial charge in [-0.2, -0.15) is 5.26 Å². The van der Waals surface area contributed by atoms with E-state index in [4.69, 9.17) is 17.5 Å². The number of hydrogen-bond acceptors (Lipinski definition) is 2. The maximum atomic E-state index is 8.83. The van der Waals surface area contributed by atoms with E-state index in [0.29, 0.717) is 10.7 Å². The predicted octanol–water partition coefficient (Wildman–Crippen LogP) is 3.68. The Bertz CT molecular complexity index is 627. The van der Waals surface area contributed by atoms with Gasteiger partial charge in [-0.05, 0) is 49.5 Å². The van der Waals surface area contributed by atoms with Crippen LogP contribution in [0.2, 0.25) is 0 Å². The topological polar surface area (TPSA) is 47.8 Å². The molecule has 0 saturated heterocycles. The zero-order valence-electron chi connectivity index (χ0n) is 10.5. The molecule has 0 aliphatic carbocycles. The van der Waals surface area contributed by atoms with Crippen molar-refractivity contribution >= 4 is 28.7 Å². The molecule has 0 saturated carbocycles. The van der Waals surface area contributed by atoms with Crippen LogP contribution in [0.5, 0.6) is 0 Å². The van der Waals surface area contributed by atoms with E-state index in [2.05, 4.69) is 16.7 Å². The highest BCUT2D eigenvalue weighted by Crippen LogP contribution is 2.12. The van der Waals surface area contributed by atoms with Gasteiger partial charge in [0.25, 0.3) is 0 Å². The highest BCUT2D eigenvalue weighted by Gasteiger charge is 1.99. The fraction of sp³-hybridized carbons (Fsp3) is 0.0667. The van der Waals surface area contributed by atoms with Gasteiger partial charge in [0.2, 0.25) is 0 Å². The van der Waals surface area contributed by atoms with Crippen molar-refractivity contribution in [1.82, 2.24) is 0 Å². The summed E-state index contributed by atoms with van der Waals surface area (Å²) in [6, 6.07) is 17.2. The lowest BCUT2D eigenvalue weighted by Crippen LogP contribution is -2.19. The molecule has 0 aliphatic heterocycles. The van der Waals surface area contributed by atoms with Crippen LogP contribution in [0.15, 0.2) is 48.5 Å². The van der Waals surface area contributed by atoms with Crippen LogP contribution in [0.25, 0.3) is 0 Å². The Morgan fingerprint density at radius 1 is 1.05 bits per heavy atom. The van der Waals surface area contributed by atoms with E-state index in [9.17, 15) is 0 Å². The van der Waals surface area contributed by atoms with Gasteiger partial charge in [-0.15, -0.1) is 0 Å². The number of nitriles is 1. The van der Waals surface area contributed by atoms with Crippen molar-refractivity contribution in [2.75, 3.05) is 10.6 Å². The molecule has 0 aromatic heterocycles. The summed E-state index contributed by atoms with van der Waals surface area (Å²) in [4.78, 5) is 0. The van der Waals surface area contributed by atoms with Gasteiger partial charge in [0.05, 0.1) is 11.6 Å². The molecule has 94 valence electrons. The second-order valence-electron chi connectivity index (χ2n) is 4.14. The number of aryl methyl sites for hydroxylation is 1. The Kier molecular flexibility index (Phi) is 4.11. The van der Waals surface area contributed by atoms with Crippen molar-refractivity contribution in [3.63, 3.8) is 0 Å². The van der Waals surface area contributed by atoms with Crippen molar-refractivity contribution in [3.8, 4) is 6.07 Å². The first-order valence-corrected chi connectivity index (χ1v) is 6.23. The summed E-state index contributed by atoms with van der Waals surface area (Å²) in [6.07, 6.45) is 0. The fourth-order valence-electron chi connectivity index (χ4n) is 1.60. The van der Waals surface area contributed by atoms with Gasteiger partial charge in [0.1, 0.15) is 0 Å². The molecule has 3 nitrogen and oxygen atoms in total. The lowest BCUT2D eigenvalue weighted by atomic mass is 10.2. The lowest BCUT2D eigenvalue weighted by molar-refractivity contribution is 1.46. The van der Waals surface area contributed by atoms with E-state index in [-0.39, 0.29) is 0 Å². The molecule has 0 unspecified atom stereocenters. The van der Waals surface area contributed by atoms with Crippen LogP contribution >= 0.6 is 12.2 Å². The molecule has 2 aromatic carbocycles. The Hall–Kier alpha value is -2.38. The maximum absolute atomic E-state index is 8.83. The quantitative estimate of drug-likeness (QED) is 0.815. The molecule has 0 bridgehead atoms. The first-order chi connectivity index (χ1) is 9.17. The van der Waals surface area contributed by atoms with E-state index in [1.165, 1.54) is 5.56 Å². The van der Waals surface area contributed by atoms with Crippen molar-refractivity contribution in [2.24, 2.45) is 0 Å². The smallest absolute Gasteiger partial charge is 0.175 e. The van der Waals surface area contributed by atoms with Gasteiger partial charge in [0, 0.05) is 11.4 Å². The zero-order chi connectivity index (χ0) is 13.7. The molecule has 4 heteroatoms. The van der Waals surface area contributed by atoms with Crippen molar-refractivity contribution in [2.45, 2.75) is 6.92 Å². The number of nitrogens with one attached hydrogen (secondary N) is 2. The van der Waals surface area contributed by atoms with Crippen LogP contribution in [-0.2, 0) is 0 Å². The van der Waals surface area contributed by atoms with E-state index in [1.807, 2.05) is 43.3 Å². The minimum Gasteiger partial charge on any atom is -0.332 e. The molecule has 2 aromatic rings. The van der Waals surface area contributed by atoms with E-state index >= 15 is 0 Å². The van der Waals surface area contributed by atoms with Gasteiger partial charge in [-0.3, -0.25) is 0 Å². The van der Waals surface area contributed by atoms with Crippen molar-refractivity contribution < 1.29 is 0 Å². The molecule has 0 radical (unpaired) electrons. The zero-order valence-corrected chi connectivity index (χ0v) is 11.3. The van der Waals surface area contributed by atoms with Gasteiger partial charge in [-0.1, -0.05) is 23.8 Å². The summed E-state index contributed by atoms with van der Waals surface area (Å²) >= 11 is 5.23. The highest BCUT2D eigenvalue weighted by molar-refractivity contribution is 7.80. The summed E-state index contributed by atoms with van der Waals surface area (Å²) in [5.41, 5.74) is 3.53. The third-order valence-electron chi connectivity index (χ3n) is 2.56. The fourth-order valence-corrected chi connectivity index (χ4v) is 1.83. The van der Waals surface area contributed by atoms with Crippen LogP contribution < -0.4 is 10.6 Å². The van der Waals surface area contributed by atoms with E-state index in [0.717, 1.165) is 11.4 Å². The molecule has 0 heterocycles. The summed E-state index contributed by atoms with van der Waals surface area (Å²) in [5.74, 6) is 0. The molecule has 2 rings (SSSR count). The summed E-state index contributed by atoms with van der Waals surface area (Å²) < 4.78 is 0. The summed E-state index contributed by atoms with van der Waals surface area (Å²) in [5, 5.41) is 15.5. The average Bonchev–Trinajstić information content (AvgIpc) is 2.41. The van der Waals surface area contributed by atoms with Crippen LogP contribution in [0.3, 0.4) is 0 Å². The summed E-state index contributed by atoms with van der Waals surface area (Å²) in [7, 11) is 0. The monoisotopic (exact) mass is 267 g/mol. The Balaban J connectivity index is 2.01. The van der Waals surface area contributed by atoms with Gasteiger partial charge in [-0.25, -0.2) is 0 Å². The number of rotatable bonds is 2.